The van der Waals surface area contributed by atoms with Crippen molar-refractivity contribution in [2.24, 2.45) is 0 Å². The standard InChI is InChI=1S/C16H17FO3/c1-10-8-12(17)5-6-13(10)16(18)11-4-7-14(19-2)15(9-11)20-3/h4-9,16,18H,1-3H3. The molecular weight excluding hydrogens is 259 g/mol. The maximum atomic E-state index is 13.1. The number of aliphatic hydroxyl groups is 1. The molecule has 0 aliphatic carbocycles. The summed E-state index contributed by atoms with van der Waals surface area (Å²) < 4.78 is 23.5. The SMILES string of the molecule is COc1ccc(C(O)c2ccc(F)cc2C)cc1OC. The first-order valence-electron chi connectivity index (χ1n) is 6.23. The topological polar surface area (TPSA) is 38.7 Å². The fourth-order valence-corrected chi connectivity index (χ4v) is 2.15. The maximum Gasteiger partial charge on any atom is 0.161 e. The van der Waals surface area contributed by atoms with Crippen molar-refractivity contribution in [3.63, 3.8) is 0 Å². The highest BCUT2D eigenvalue weighted by Crippen LogP contribution is 2.33. The Labute approximate surface area is 117 Å². The van der Waals surface area contributed by atoms with E-state index in [1.165, 1.54) is 19.2 Å². The van der Waals surface area contributed by atoms with E-state index in [1.807, 2.05) is 0 Å². The van der Waals surface area contributed by atoms with Gasteiger partial charge in [-0.2, -0.15) is 0 Å². The second-order valence-corrected chi connectivity index (χ2v) is 4.52. The van der Waals surface area contributed by atoms with E-state index in [-0.39, 0.29) is 5.82 Å². The van der Waals surface area contributed by atoms with Crippen molar-refractivity contribution < 1.29 is 19.0 Å². The monoisotopic (exact) mass is 276 g/mol. The lowest BCUT2D eigenvalue weighted by Gasteiger charge is -2.16. The molecule has 0 bridgehead atoms. The van der Waals surface area contributed by atoms with Gasteiger partial charge in [0.15, 0.2) is 11.5 Å². The number of ether oxygens (including phenoxy) is 2. The number of hydrogen-bond acceptors (Lipinski definition) is 3. The van der Waals surface area contributed by atoms with E-state index in [0.29, 0.717) is 28.2 Å². The minimum Gasteiger partial charge on any atom is -0.493 e. The summed E-state index contributed by atoms with van der Waals surface area (Å²) in [5.41, 5.74) is 2.03. The molecular formula is C16H17FO3. The number of hydrogen-bond donors (Lipinski definition) is 1. The van der Waals surface area contributed by atoms with E-state index in [0.717, 1.165) is 0 Å². The average Bonchev–Trinajstić information content (AvgIpc) is 2.45. The van der Waals surface area contributed by atoms with Crippen LogP contribution in [0.4, 0.5) is 4.39 Å². The van der Waals surface area contributed by atoms with Gasteiger partial charge in [-0.1, -0.05) is 12.1 Å². The summed E-state index contributed by atoms with van der Waals surface area (Å²) in [5.74, 6) is 0.828. The van der Waals surface area contributed by atoms with Crippen molar-refractivity contribution >= 4 is 0 Å². The number of methoxy groups -OCH3 is 2. The number of aryl methyl sites for hydroxylation is 1. The molecule has 1 unspecified atom stereocenters. The molecule has 0 aliphatic heterocycles. The van der Waals surface area contributed by atoms with Crippen LogP contribution < -0.4 is 9.47 Å². The van der Waals surface area contributed by atoms with Gasteiger partial charge in [0.2, 0.25) is 0 Å². The van der Waals surface area contributed by atoms with Gasteiger partial charge in [0.1, 0.15) is 11.9 Å². The first kappa shape index (κ1) is 14.3. The Bertz CT molecular complexity index is 611. The smallest absolute Gasteiger partial charge is 0.161 e. The van der Waals surface area contributed by atoms with Crippen LogP contribution in [0.3, 0.4) is 0 Å². The summed E-state index contributed by atoms with van der Waals surface area (Å²) >= 11 is 0. The van der Waals surface area contributed by atoms with E-state index < -0.39 is 6.10 Å². The Hall–Kier alpha value is -2.07. The third-order valence-corrected chi connectivity index (χ3v) is 3.25. The van der Waals surface area contributed by atoms with E-state index >= 15 is 0 Å². The number of rotatable bonds is 4. The summed E-state index contributed by atoms with van der Waals surface area (Å²) in [7, 11) is 3.09. The molecule has 0 fully saturated rings. The van der Waals surface area contributed by atoms with Gasteiger partial charge in [-0.3, -0.25) is 0 Å². The predicted molar refractivity (Wildman–Crippen MR) is 74.7 cm³/mol. The molecule has 20 heavy (non-hydrogen) atoms. The molecule has 0 amide bonds. The van der Waals surface area contributed by atoms with E-state index in [1.54, 1.807) is 38.3 Å². The summed E-state index contributed by atoms with van der Waals surface area (Å²) in [6.45, 7) is 1.77. The minimum absolute atomic E-state index is 0.314. The van der Waals surface area contributed by atoms with Crippen molar-refractivity contribution in [1.82, 2.24) is 0 Å². The molecule has 106 valence electrons. The van der Waals surface area contributed by atoms with E-state index in [9.17, 15) is 9.50 Å². The van der Waals surface area contributed by atoms with Gasteiger partial charge < -0.3 is 14.6 Å². The van der Waals surface area contributed by atoms with Gasteiger partial charge in [0.05, 0.1) is 14.2 Å². The zero-order chi connectivity index (χ0) is 14.7. The molecule has 0 aromatic heterocycles. The molecule has 0 saturated heterocycles. The van der Waals surface area contributed by atoms with Crippen molar-refractivity contribution in [1.29, 1.82) is 0 Å². The van der Waals surface area contributed by atoms with Crippen LogP contribution in [0, 0.1) is 12.7 Å². The molecule has 0 radical (unpaired) electrons. The van der Waals surface area contributed by atoms with Gasteiger partial charge in [0.25, 0.3) is 0 Å². The first-order chi connectivity index (χ1) is 9.56. The molecule has 1 N–H and O–H groups in total. The summed E-state index contributed by atoms with van der Waals surface area (Å²) in [5, 5.41) is 10.4. The maximum absolute atomic E-state index is 13.1. The Kier molecular flexibility index (Phi) is 4.25. The molecule has 0 spiro atoms. The van der Waals surface area contributed by atoms with Crippen LogP contribution in [-0.4, -0.2) is 19.3 Å². The lowest BCUT2D eigenvalue weighted by molar-refractivity contribution is 0.218. The molecule has 0 saturated carbocycles. The lowest BCUT2D eigenvalue weighted by atomic mass is 9.97. The van der Waals surface area contributed by atoms with Gasteiger partial charge >= 0.3 is 0 Å². The van der Waals surface area contributed by atoms with Crippen LogP contribution in [0.15, 0.2) is 36.4 Å². The zero-order valence-electron chi connectivity index (χ0n) is 11.7. The fraction of sp³-hybridized carbons (Fsp3) is 0.250. The summed E-state index contributed by atoms with van der Waals surface area (Å²) in [6.07, 6.45) is -0.838. The second-order valence-electron chi connectivity index (χ2n) is 4.52. The van der Waals surface area contributed by atoms with Crippen molar-refractivity contribution in [2.75, 3.05) is 14.2 Å². The Morgan fingerprint density at radius 1 is 1.00 bits per heavy atom. The molecule has 0 aliphatic rings. The highest BCUT2D eigenvalue weighted by molar-refractivity contribution is 5.46. The van der Waals surface area contributed by atoms with E-state index in [4.69, 9.17) is 9.47 Å². The molecule has 2 aromatic carbocycles. The van der Waals surface area contributed by atoms with Gasteiger partial charge in [-0.25, -0.2) is 4.39 Å². The van der Waals surface area contributed by atoms with Crippen LogP contribution in [0.25, 0.3) is 0 Å². The third-order valence-electron chi connectivity index (χ3n) is 3.25. The Balaban J connectivity index is 2.40. The number of benzene rings is 2. The molecule has 4 heteroatoms. The Morgan fingerprint density at radius 3 is 2.30 bits per heavy atom. The van der Waals surface area contributed by atoms with Gasteiger partial charge in [0, 0.05) is 0 Å². The van der Waals surface area contributed by atoms with Crippen LogP contribution in [0.1, 0.15) is 22.8 Å². The van der Waals surface area contributed by atoms with Crippen LogP contribution in [0.2, 0.25) is 0 Å². The van der Waals surface area contributed by atoms with Gasteiger partial charge in [-0.15, -0.1) is 0 Å². The number of halogens is 1. The quantitative estimate of drug-likeness (QED) is 0.931. The molecule has 2 aromatic rings. The largest absolute Gasteiger partial charge is 0.493 e. The molecule has 2 rings (SSSR count). The van der Waals surface area contributed by atoms with E-state index in [2.05, 4.69) is 0 Å². The summed E-state index contributed by atoms with van der Waals surface area (Å²) in [4.78, 5) is 0. The molecule has 1 atom stereocenters. The third kappa shape index (κ3) is 2.75. The van der Waals surface area contributed by atoms with Crippen LogP contribution in [0.5, 0.6) is 11.5 Å². The van der Waals surface area contributed by atoms with Crippen LogP contribution in [-0.2, 0) is 0 Å². The van der Waals surface area contributed by atoms with Crippen molar-refractivity contribution in [2.45, 2.75) is 13.0 Å². The fourth-order valence-electron chi connectivity index (χ4n) is 2.15. The molecule has 0 heterocycles. The van der Waals surface area contributed by atoms with Crippen molar-refractivity contribution in [3.05, 3.63) is 58.9 Å². The Morgan fingerprint density at radius 2 is 1.70 bits per heavy atom. The minimum atomic E-state index is -0.838. The second kappa shape index (κ2) is 5.92. The highest BCUT2D eigenvalue weighted by atomic mass is 19.1. The average molecular weight is 276 g/mol. The number of aliphatic hydroxyl groups excluding tert-OH is 1. The summed E-state index contributed by atoms with van der Waals surface area (Å²) in [6, 6.07) is 9.54. The van der Waals surface area contributed by atoms with Gasteiger partial charge in [-0.05, 0) is 47.9 Å². The van der Waals surface area contributed by atoms with Crippen LogP contribution >= 0.6 is 0 Å². The predicted octanol–water partition coefficient (Wildman–Crippen LogP) is 3.23. The zero-order valence-corrected chi connectivity index (χ0v) is 11.7. The normalized spacial score (nSPS) is 12.1. The van der Waals surface area contributed by atoms with Crippen molar-refractivity contribution in [3.8, 4) is 11.5 Å². The molecule has 3 nitrogen and oxygen atoms in total. The first-order valence-corrected chi connectivity index (χ1v) is 6.23. The lowest BCUT2D eigenvalue weighted by Crippen LogP contribution is -2.03. The highest BCUT2D eigenvalue weighted by Gasteiger charge is 2.15.